The fourth-order valence-electron chi connectivity index (χ4n) is 4.91. The molecule has 1 aliphatic rings. The molecular weight excluding hydrogens is 452 g/mol. The van der Waals surface area contributed by atoms with Crippen LogP contribution in [0.3, 0.4) is 0 Å². The topological polar surface area (TPSA) is 115 Å². The molecule has 0 saturated heterocycles. The molecule has 0 unspecified atom stereocenters. The Morgan fingerprint density at radius 3 is 2.67 bits per heavy atom. The Bertz CT molecular complexity index is 1270. The van der Waals surface area contributed by atoms with Gasteiger partial charge in [0.2, 0.25) is 11.6 Å². The molecule has 9 heteroatoms. The number of tetrazole rings is 1. The van der Waals surface area contributed by atoms with Crippen LogP contribution in [0.5, 0.6) is 0 Å². The van der Waals surface area contributed by atoms with Gasteiger partial charge < -0.3 is 0 Å². The SMILES string of the molecule is CCCCCn1nc(C(=O)C2CCCCC2)nc1Cc1ccc(-c2ncccc2-c2nnn[nH]2)cc1. The van der Waals surface area contributed by atoms with Crippen molar-refractivity contribution in [3.05, 3.63) is 59.8 Å². The molecule has 1 fully saturated rings. The van der Waals surface area contributed by atoms with E-state index in [1.54, 1.807) is 6.20 Å². The van der Waals surface area contributed by atoms with Gasteiger partial charge in [0, 0.05) is 36.2 Å². The Labute approximate surface area is 210 Å². The number of rotatable bonds is 10. The van der Waals surface area contributed by atoms with Crippen molar-refractivity contribution in [1.82, 2.24) is 40.4 Å². The highest BCUT2D eigenvalue weighted by Gasteiger charge is 2.26. The lowest BCUT2D eigenvalue weighted by Gasteiger charge is -2.18. The third-order valence-corrected chi connectivity index (χ3v) is 6.92. The predicted molar refractivity (Wildman–Crippen MR) is 136 cm³/mol. The lowest BCUT2D eigenvalue weighted by molar-refractivity contribution is 0.0878. The molecule has 4 aromatic rings. The van der Waals surface area contributed by atoms with Gasteiger partial charge in [0.05, 0.1) is 5.69 Å². The second-order valence-corrected chi connectivity index (χ2v) is 9.50. The first-order chi connectivity index (χ1) is 17.7. The van der Waals surface area contributed by atoms with Crippen LogP contribution in [0, 0.1) is 5.92 Å². The van der Waals surface area contributed by atoms with Gasteiger partial charge in [-0.25, -0.2) is 14.8 Å². The summed E-state index contributed by atoms with van der Waals surface area (Å²) in [6.07, 6.45) is 11.1. The highest BCUT2D eigenvalue weighted by atomic mass is 16.1. The molecule has 1 N–H and O–H groups in total. The summed E-state index contributed by atoms with van der Waals surface area (Å²) in [5.41, 5.74) is 3.74. The summed E-state index contributed by atoms with van der Waals surface area (Å²) in [5.74, 6) is 2.01. The molecular formula is C27H32N8O. The van der Waals surface area contributed by atoms with E-state index in [9.17, 15) is 4.79 Å². The molecule has 3 aromatic heterocycles. The monoisotopic (exact) mass is 484 g/mol. The number of Topliss-reactive ketones (excluding diaryl/α,β-unsaturated/α-hetero) is 1. The molecule has 0 aliphatic heterocycles. The highest BCUT2D eigenvalue weighted by molar-refractivity contribution is 5.94. The number of unbranched alkanes of at least 4 members (excludes halogenated alkanes) is 2. The Balaban J connectivity index is 1.37. The van der Waals surface area contributed by atoms with Crippen molar-refractivity contribution in [2.75, 3.05) is 0 Å². The molecule has 0 spiro atoms. The normalized spacial score (nSPS) is 14.2. The van der Waals surface area contributed by atoms with Gasteiger partial charge in [-0.2, -0.15) is 0 Å². The molecule has 0 amide bonds. The van der Waals surface area contributed by atoms with Crippen molar-refractivity contribution in [3.8, 4) is 22.6 Å². The Morgan fingerprint density at radius 2 is 1.92 bits per heavy atom. The second kappa shape index (κ2) is 11.3. The number of nitrogens with one attached hydrogen (secondary N) is 1. The highest BCUT2D eigenvalue weighted by Crippen LogP contribution is 2.29. The van der Waals surface area contributed by atoms with Crippen LogP contribution in [-0.4, -0.2) is 46.2 Å². The molecule has 0 atom stereocenters. The molecule has 0 bridgehead atoms. The number of hydrogen-bond acceptors (Lipinski definition) is 7. The van der Waals surface area contributed by atoms with E-state index >= 15 is 0 Å². The fourth-order valence-corrected chi connectivity index (χ4v) is 4.91. The predicted octanol–water partition coefficient (Wildman–Crippen LogP) is 5.06. The van der Waals surface area contributed by atoms with Gasteiger partial charge in [0.1, 0.15) is 5.82 Å². The van der Waals surface area contributed by atoms with Crippen LogP contribution in [0.4, 0.5) is 0 Å². The van der Waals surface area contributed by atoms with E-state index in [1.807, 2.05) is 16.8 Å². The minimum Gasteiger partial charge on any atom is -0.290 e. The smallest absolute Gasteiger partial charge is 0.217 e. The second-order valence-electron chi connectivity index (χ2n) is 9.50. The van der Waals surface area contributed by atoms with E-state index in [0.29, 0.717) is 18.1 Å². The van der Waals surface area contributed by atoms with Gasteiger partial charge in [-0.15, -0.1) is 10.2 Å². The van der Waals surface area contributed by atoms with Crippen LogP contribution >= 0.6 is 0 Å². The third kappa shape index (κ3) is 5.40. The van der Waals surface area contributed by atoms with Crippen molar-refractivity contribution in [3.63, 3.8) is 0 Å². The lowest BCUT2D eigenvalue weighted by atomic mass is 9.86. The van der Waals surface area contributed by atoms with Crippen molar-refractivity contribution in [2.45, 2.75) is 71.3 Å². The molecule has 186 valence electrons. The maximum atomic E-state index is 13.1. The molecule has 0 radical (unpaired) electrons. The number of carbonyl (C=O) groups excluding carboxylic acids is 1. The fraction of sp³-hybridized carbons (Fsp3) is 0.444. The minimum absolute atomic E-state index is 0.0736. The van der Waals surface area contributed by atoms with Gasteiger partial charge in [-0.1, -0.05) is 63.3 Å². The standard InChI is InChI=1S/C27H32N8O/c1-2-3-7-17-35-23(29-27(32-35)25(36)21-9-5-4-6-10-21)18-19-12-14-20(15-13-19)24-22(11-8-16-28-24)26-30-33-34-31-26/h8,11-16,21H,2-7,9-10,17-18H2,1H3,(H,30,31,33,34). The van der Waals surface area contributed by atoms with Gasteiger partial charge >= 0.3 is 0 Å². The molecule has 3 heterocycles. The number of aromatic nitrogens is 8. The van der Waals surface area contributed by atoms with Crippen molar-refractivity contribution >= 4 is 5.78 Å². The number of benzene rings is 1. The minimum atomic E-state index is 0.0736. The number of ketones is 1. The molecule has 1 saturated carbocycles. The van der Waals surface area contributed by atoms with E-state index in [4.69, 9.17) is 4.98 Å². The molecule has 1 aromatic carbocycles. The maximum absolute atomic E-state index is 13.1. The first-order valence-electron chi connectivity index (χ1n) is 13.0. The van der Waals surface area contributed by atoms with E-state index in [-0.39, 0.29) is 11.7 Å². The van der Waals surface area contributed by atoms with Crippen LogP contribution in [0.15, 0.2) is 42.6 Å². The largest absolute Gasteiger partial charge is 0.290 e. The number of aryl methyl sites for hydroxylation is 1. The zero-order valence-electron chi connectivity index (χ0n) is 20.7. The van der Waals surface area contributed by atoms with Crippen LogP contribution in [-0.2, 0) is 13.0 Å². The number of H-pyrrole nitrogens is 1. The van der Waals surface area contributed by atoms with Crippen LogP contribution in [0.25, 0.3) is 22.6 Å². The first kappa shape index (κ1) is 24.0. The van der Waals surface area contributed by atoms with Crippen molar-refractivity contribution < 1.29 is 4.79 Å². The molecule has 1 aliphatic carbocycles. The zero-order chi connectivity index (χ0) is 24.7. The quantitative estimate of drug-likeness (QED) is 0.247. The van der Waals surface area contributed by atoms with E-state index < -0.39 is 0 Å². The van der Waals surface area contributed by atoms with Crippen LogP contribution < -0.4 is 0 Å². The number of carbonyl (C=O) groups is 1. The Morgan fingerprint density at radius 1 is 1.08 bits per heavy atom. The summed E-state index contributed by atoms with van der Waals surface area (Å²) >= 11 is 0. The summed E-state index contributed by atoms with van der Waals surface area (Å²) in [4.78, 5) is 22.4. The average molecular weight is 485 g/mol. The summed E-state index contributed by atoms with van der Waals surface area (Å²) in [7, 11) is 0. The van der Waals surface area contributed by atoms with Crippen LogP contribution in [0.1, 0.15) is 80.3 Å². The maximum Gasteiger partial charge on any atom is 0.217 e. The van der Waals surface area contributed by atoms with E-state index in [1.165, 1.54) is 6.42 Å². The van der Waals surface area contributed by atoms with E-state index in [0.717, 1.165) is 79.7 Å². The third-order valence-electron chi connectivity index (χ3n) is 6.92. The van der Waals surface area contributed by atoms with Gasteiger partial charge in [-0.3, -0.25) is 9.78 Å². The summed E-state index contributed by atoms with van der Waals surface area (Å²) in [6, 6.07) is 12.1. The summed E-state index contributed by atoms with van der Waals surface area (Å²) in [5, 5.41) is 18.9. The van der Waals surface area contributed by atoms with E-state index in [2.05, 4.69) is 61.9 Å². The molecule has 36 heavy (non-hydrogen) atoms. The van der Waals surface area contributed by atoms with Crippen LogP contribution in [0.2, 0.25) is 0 Å². The number of nitrogens with zero attached hydrogens (tertiary/aromatic N) is 7. The average Bonchev–Trinajstić information content (AvgIpc) is 3.60. The van der Waals surface area contributed by atoms with Crippen molar-refractivity contribution in [2.24, 2.45) is 5.92 Å². The number of aromatic amines is 1. The summed E-state index contributed by atoms with van der Waals surface area (Å²) in [6.45, 7) is 2.97. The first-order valence-corrected chi connectivity index (χ1v) is 13.0. The number of hydrogen-bond donors (Lipinski definition) is 1. The Kier molecular flexibility index (Phi) is 7.54. The van der Waals surface area contributed by atoms with Crippen molar-refractivity contribution in [1.29, 1.82) is 0 Å². The number of pyridine rings is 1. The Hall–Kier alpha value is -3.75. The van der Waals surface area contributed by atoms with Gasteiger partial charge in [0.15, 0.2) is 5.82 Å². The summed E-state index contributed by atoms with van der Waals surface area (Å²) < 4.78 is 1.95. The van der Waals surface area contributed by atoms with Gasteiger partial charge in [0.25, 0.3) is 0 Å². The zero-order valence-corrected chi connectivity index (χ0v) is 20.7. The molecule has 9 nitrogen and oxygen atoms in total. The van der Waals surface area contributed by atoms with Gasteiger partial charge in [-0.05, 0) is 47.4 Å². The lowest BCUT2D eigenvalue weighted by Crippen LogP contribution is -2.19. The molecule has 5 rings (SSSR count).